The fourth-order valence-corrected chi connectivity index (χ4v) is 4.18. The molecule has 0 N–H and O–H groups in total. The van der Waals surface area contributed by atoms with Gasteiger partial charge in [0.1, 0.15) is 11.6 Å². The molecule has 2 aliphatic heterocycles. The molecule has 0 aliphatic carbocycles. The van der Waals surface area contributed by atoms with Gasteiger partial charge < -0.3 is 19.1 Å². The van der Waals surface area contributed by atoms with Gasteiger partial charge in [0.25, 0.3) is 0 Å². The van der Waals surface area contributed by atoms with Gasteiger partial charge in [0.2, 0.25) is 5.91 Å². The van der Waals surface area contributed by atoms with Gasteiger partial charge in [0, 0.05) is 18.5 Å². The highest BCUT2D eigenvalue weighted by Gasteiger charge is 2.48. The molecule has 4 rings (SSSR count). The number of nitrogens with zero attached hydrogens (tertiary/aromatic N) is 1. The zero-order valence-electron chi connectivity index (χ0n) is 17.5. The number of β-lactam (4-membered cyclic amide) rings is 1. The zero-order chi connectivity index (χ0) is 21.8. The fraction of sp³-hybridized carbons (Fsp3) is 0.417. The molecule has 2 heterocycles. The number of amides is 1. The number of methoxy groups -OCH3 is 1. The third-order valence-corrected chi connectivity index (χ3v) is 5.83. The monoisotopic (exact) mass is 427 g/mol. The summed E-state index contributed by atoms with van der Waals surface area (Å²) < 4.78 is 29.6. The van der Waals surface area contributed by atoms with E-state index in [1.807, 2.05) is 24.3 Å². The summed E-state index contributed by atoms with van der Waals surface area (Å²) in [5, 5.41) is 0. The van der Waals surface area contributed by atoms with Crippen LogP contribution in [-0.2, 0) is 19.1 Å². The number of hydrogen-bond donors (Lipinski definition) is 0. The minimum atomic E-state index is -0.359. The van der Waals surface area contributed by atoms with Gasteiger partial charge in [-0.05, 0) is 61.2 Å². The van der Waals surface area contributed by atoms with Crippen LogP contribution in [0.1, 0.15) is 43.7 Å². The average Bonchev–Trinajstić information content (AvgIpc) is 2.80. The molecule has 2 aromatic rings. The summed E-state index contributed by atoms with van der Waals surface area (Å²) in [5.74, 6) is -0.431. The number of hydrogen-bond acceptors (Lipinski definition) is 5. The molecule has 0 radical (unpaired) electrons. The number of ether oxygens (including phenoxy) is 3. The lowest BCUT2D eigenvalue weighted by atomic mass is 9.79. The van der Waals surface area contributed by atoms with Gasteiger partial charge in [-0.15, -0.1) is 0 Å². The molecule has 3 unspecified atom stereocenters. The van der Waals surface area contributed by atoms with Crippen molar-refractivity contribution in [3.8, 4) is 5.75 Å². The second-order valence-corrected chi connectivity index (χ2v) is 7.83. The Balaban J connectivity index is 1.53. The molecule has 2 saturated heterocycles. The Morgan fingerprint density at radius 3 is 2.52 bits per heavy atom. The van der Waals surface area contributed by atoms with Gasteiger partial charge in [-0.2, -0.15) is 0 Å². The van der Waals surface area contributed by atoms with E-state index in [4.69, 9.17) is 14.2 Å². The summed E-state index contributed by atoms with van der Waals surface area (Å²) in [6, 6.07) is 13.2. The van der Waals surface area contributed by atoms with E-state index in [2.05, 4.69) is 0 Å². The fourth-order valence-electron chi connectivity index (χ4n) is 4.18. The van der Waals surface area contributed by atoms with E-state index in [1.54, 1.807) is 17.0 Å². The van der Waals surface area contributed by atoms with Crippen LogP contribution < -0.4 is 9.64 Å². The molecule has 0 bridgehead atoms. The van der Waals surface area contributed by atoms with Crippen molar-refractivity contribution in [3.63, 3.8) is 0 Å². The van der Waals surface area contributed by atoms with Crippen molar-refractivity contribution >= 4 is 17.6 Å². The van der Waals surface area contributed by atoms with Gasteiger partial charge >= 0.3 is 5.97 Å². The molecule has 3 atom stereocenters. The second-order valence-electron chi connectivity index (χ2n) is 7.83. The molecule has 6 nitrogen and oxygen atoms in total. The van der Waals surface area contributed by atoms with Crippen LogP contribution in [-0.4, -0.2) is 31.9 Å². The van der Waals surface area contributed by atoms with Crippen molar-refractivity contribution in [2.45, 2.75) is 44.4 Å². The first kappa shape index (κ1) is 21.3. The molecule has 1 amide bonds. The smallest absolute Gasteiger partial charge is 0.305 e. The molecule has 7 heteroatoms. The molecule has 31 heavy (non-hydrogen) atoms. The van der Waals surface area contributed by atoms with Crippen molar-refractivity contribution in [1.82, 2.24) is 0 Å². The largest absolute Gasteiger partial charge is 0.469 e. The van der Waals surface area contributed by atoms with E-state index in [0.29, 0.717) is 24.5 Å². The Bertz CT molecular complexity index is 909. The minimum Gasteiger partial charge on any atom is -0.469 e. The van der Waals surface area contributed by atoms with Crippen molar-refractivity contribution in [1.29, 1.82) is 0 Å². The first-order valence-electron chi connectivity index (χ1n) is 10.6. The first-order chi connectivity index (χ1) is 15.1. The van der Waals surface area contributed by atoms with Gasteiger partial charge in [-0.1, -0.05) is 12.1 Å². The Morgan fingerprint density at radius 2 is 1.87 bits per heavy atom. The van der Waals surface area contributed by atoms with E-state index < -0.39 is 0 Å². The van der Waals surface area contributed by atoms with Crippen LogP contribution in [0.5, 0.6) is 5.75 Å². The van der Waals surface area contributed by atoms with Crippen molar-refractivity contribution in [2.24, 2.45) is 5.92 Å². The molecule has 0 aromatic heterocycles. The Morgan fingerprint density at radius 1 is 1.13 bits per heavy atom. The van der Waals surface area contributed by atoms with Gasteiger partial charge in [-0.25, -0.2) is 4.39 Å². The lowest BCUT2D eigenvalue weighted by Gasteiger charge is -2.47. The second kappa shape index (κ2) is 9.47. The van der Waals surface area contributed by atoms with E-state index in [0.717, 1.165) is 24.8 Å². The third kappa shape index (κ3) is 4.71. The third-order valence-electron chi connectivity index (χ3n) is 5.83. The highest BCUT2D eigenvalue weighted by Crippen LogP contribution is 2.45. The van der Waals surface area contributed by atoms with Crippen LogP contribution >= 0.6 is 0 Å². The van der Waals surface area contributed by atoms with Crippen molar-refractivity contribution in [2.75, 3.05) is 18.6 Å². The van der Waals surface area contributed by atoms with Crippen LogP contribution in [0.15, 0.2) is 48.5 Å². The molecular weight excluding hydrogens is 401 g/mol. The van der Waals surface area contributed by atoms with Crippen LogP contribution in [0.3, 0.4) is 0 Å². The SMILES string of the molecule is COC(=O)CCC1C(=O)N(c2ccc(F)cc2)C1c1ccc(OC2CCCCO2)cc1. The highest BCUT2D eigenvalue weighted by atomic mass is 19.1. The lowest BCUT2D eigenvalue weighted by molar-refractivity contribution is -0.141. The summed E-state index contributed by atoms with van der Waals surface area (Å²) in [7, 11) is 1.34. The number of anilines is 1. The maximum absolute atomic E-state index is 13.4. The van der Waals surface area contributed by atoms with E-state index >= 15 is 0 Å². The lowest BCUT2D eigenvalue weighted by Crippen LogP contribution is -2.55. The zero-order valence-corrected chi connectivity index (χ0v) is 17.5. The summed E-state index contributed by atoms with van der Waals surface area (Å²) in [5.41, 5.74) is 1.55. The summed E-state index contributed by atoms with van der Waals surface area (Å²) >= 11 is 0. The quantitative estimate of drug-likeness (QED) is 0.484. The van der Waals surface area contributed by atoms with Crippen LogP contribution in [0.2, 0.25) is 0 Å². The molecule has 2 aliphatic rings. The topological polar surface area (TPSA) is 65.1 Å². The predicted octanol–water partition coefficient (Wildman–Crippen LogP) is 4.39. The van der Waals surface area contributed by atoms with Crippen LogP contribution in [0.4, 0.5) is 10.1 Å². The number of benzene rings is 2. The standard InChI is InChI=1S/C24H26FNO5/c1-29-21(27)14-13-20-23(26(24(20)28)18-9-7-17(25)8-10-18)16-5-11-19(12-6-16)31-22-4-2-3-15-30-22/h5-12,20,22-23H,2-4,13-15H2,1H3. The summed E-state index contributed by atoms with van der Waals surface area (Å²) in [6.45, 7) is 0.710. The Hall–Kier alpha value is -2.93. The summed E-state index contributed by atoms with van der Waals surface area (Å²) in [4.78, 5) is 26.2. The maximum atomic E-state index is 13.4. The van der Waals surface area contributed by atoms with E-state index in [1.165, 1.54) is 19.2 Å². The highest BCUT2D eigenvalue weighted by molar-refractivity contribution is 6.03. The normalized spacial score (nSPS) is 23.2. The number of halogens is 1. The van der Waals surface area contributed by atoms with Gasteiger partial charge in [0.05, 0.1) is 25.7 Å². The van der Waals surface area contributed by atoms with Crippen molar-refractivity contribution < 1.29 is 28.2 Å². The summed E-state index contributed by atoms with van der Waals surface area (Å²) in [6.07, 6.45) is 3.34. The number of carbonyl (C=O) groups excluding carboxylic acids is 2. The molecular formula is C24H26FNO5. The van der Waals surface area contributed by atoms with Gasteiger partial charge in [-0.3, -0.25) is 9.59 Å². The maximum Gasteiger partial charge on any atom is 0.305 e. The van der Waals surface area contributed by atoms with Crippen LogP contribution in [0.25, 0.3) is 0 Å². The number of rotatable bonds is 7. The Labute approximate surface area is 180 Å². The number of esters is 1. The number of carbonyl (C=O) groups is 2. The average molecular weight is 427 g/mol. The van der Waals surface area contributed by atoms with Crippen LogP contribution in [0, 0.1) is 11.7 Å². The van der Waals surface area contributed by atoms with E-state index in [-0.39, 0.29) is 42.4 Å². The predicted molar refractivity (Wildman–Crippen MR) is 112 cm³/mol. The molecule has 2 fully saturated rings. The molecule has 0 saturated carbocycles. The van der Waals surface area contributed by atoms with Gasteiger partial charge in [0.15, 0.2) is 6.29 Å². The first-order valence-corrected chi connectivity index (χ1v) is 10.6. The van der Waals surface area contributed by atoms with E-state index in [9.17, 15) is 14.0 Å². The van der Waals surface area contributed by atoms with Crippen molar-refractivity contribution in [3.05, 3.63) is 59.9 Å². The molecule has 164 valence electrons. The Kier molecular flexibility index (Phi) is 6.51. The minimum absolute atomic E-state index is 0.0866. The molecule has 2 aromatic carbocycles. The molecule has 0 spiro atoms.